The van der Waals surface area contributed by atoms with Crippen molar-refractivity contribution in [3.8, 4) is 11.8 Å². The van der Waals surface area contributed by atoms with Crippen molar-refractivity contribution >= 4 is 18.0 Å². The number of hydrazone groups is 1. The van der Waals surface area contributed by atoms with E-state index in [1.807, 2.05) is 30.3 Å². The number of benzene rings is 2. The highest BCUT2D eigenvalue weighted by Crippen LogP contribution is 2.52. The van der Waals surface area contributed by atoms with E-state index in [-0.39, 0.29) is 35.5 Å². The Morgan fingerprint density at radius 2 is 1.70 bits per heavy atom. The van der Waals surface area contributed by atoms with Crippen LogP contribution >= 0.6 is 0 Å². The Morgan fingerprint density at radius 3 is 2.37 bits per heavy atom. The smallest absolute Gasteiger partial charge is 0.254 e. The van der Waals surface area contributed by atoms with Crippen LogP contribution in [-0.2, 0) is 16.2 Å². The Balaban J connectivity index is 1.23. The number of nitriles is 1. The number of rotatable bonds is 5. The number of hydrogen-bond acceptors (Lipinski definition) is 5. The van der Waals surface area contributed by atoms with Crippen molar-refractivity contribution in [3.05, 3.63) is 77.4 Å². The van der Waals surface area contributed by atoms with Crippen molar-refractivity contribution in [2.75, 3.05) is 0 Å². The largest absolute Gasteiger partial charge is 0.489 e. The van der Waals surface area contributed by atoms with Crippen LogP contribution in [0.2, 0.25) is 0 Å². The van der Waals surface area contributed by atoms with Gasteiger partial charge in [-0.3, -0.25) is 9.59 Å². The number of nitrogens with zero attached hydrogens (tertiary/aromatic N) is 3. The van der Waals surface area contributed by atoms with Crippen LogP contribution in [0.4, 0.5) is 0 Å². The van der Waals surface area contributed by atoms with Crippen LogP contribution in [0.5, 0.6) is 5.75 Å². The number of amides is 2. The first-order valence-corrected chi connectivity index (χ1v) is 9.96. The van der Waals surface area contributed by atoms with Crippen molar-refractivity contribution in [3.63, 3.8) is 0 Å². The van der Waals surface area contributed by atoms with Gasteiger partial charge in [0.15, 0.2) is 0 Å². The normalized spacial score (nSPS) is 26.4. The van der Waals surface area contributed by atoms with Gasteiger partial charge in [-0.1, -0.05) is 30.4 Å². The minimum Gasteiger partial charge on any atom is -0.489 e. The molecule has 2 aromatic carbocycles. The Labute approximate surface area is 174 Å². The fourth-order valence-electron chi connectivity index (χ4n) is 4.69. The zero-order chi connectivity index (χ0) is 20.7. The summed E-state index contributed by atoms with van der Waals surface area (Å²) >= 11 is 0. The van der Waals surface area contributed by atoms with Gasteiger partial charge in [0.25, 0.3) is 11.8 Å². The minimum atomic E-state index is -0.239. The van der Waals surface area contributed by atoms with E-state index < -0.39 is 0 Å². The second-order valence-corrected chi connectivity index (χ2v) is 7.86. The van der Waals surface area contributed by atoms with Crippen LogP contribution in [0.15, 0.2) is 65.8 Å². The standard InChI is InChI=1S/C24H19N3O3/c25-12-18-3-1-2-4-19(18)14-30-20-9-5-15(6-10-20)13-26-27-23(28)21-16-7-8-17(11-16)22(21)24(27)29/h1-10,13,16-17,21-22H,11,14H2/t16-,17-,21-,22+/m0/s1. The summed E-state index contributed by atoms with van der Waals surface area (Å²) in [5.41, 5.74) is 2.18. The average molecular weight is 397 g/mol. The molecule has 0 radical (unpaired) electrons. The number of hydrogen-bond donors (Lipinski definition) is 0. The third kappa shape index (κ3) is 3.00. The molecular weight excluding hydrogens is 378 g/mol. The van der Waals surface area contributed by atoms with Crippen molar-refractivity contribution in [1.29, 1.82) is 5.26 Å². The van der Waals surface area contributed by atoms with Gasteiger partial charge in [0.05, 0.1) is 29.7 Å². The van der Waals surface area contributed by atoms with E-state index in [2.05, 4.69) is 23.3 Å². The first kappa shape index (κ1) is 18.3. The Kier molecular flexibility index (Phi) is 4.44. The van der Waals surface area contributed by atoms with E-state index >= 15 is 0 Å². The molecule has 6 nitrogen and oxygen atoms in total. The van der Waals surface area contributed by atoms with Crippen LogP contribution in [0, 0.1) is 35.0 Å². The number of carbonyl (C=O) groups is 2. The van der Waals surface area contributed by atoms with Crippen molar-refractivity contribution in [1.82, 2.24) is 5.01 Å². The summed E-state index contributed by atoms with van der Waals surface area (Å²) in [5, 5.41) is 14.4. The first-order valence-electron chi connectivity index (χ1n) is 9.96. The van der Waals surface area contributed by atoms with Crippen LogP contribution < -0.4 is 4.74 Å². The molecule has 0 spiro atoms. The van der Waals surface area contributed by atoms with E-state index in [1.165, 1.54) is 6.21 Å². The number of ether oxygens (including phenoxy) is 1. The maximum absolute atomic E-state index is 12.6. The van der Waals surface area contributed by atoms with E-state index in [9.17, 15) is 9.59 Å². The zero-order valence-corrected chi connectivity index (χ0v) is 16.1. The van der Waals surface area contributed by atoms with Gasteiger partial charge in [0.2, 0.25) is 0 Å². The molecule has 0 N–H and O–H groups in total. The monoisotopic (exact) mass is 397 g/mol. The van der Waals surface area contributed by atoms with Crippen LogP contribution in [0.1, 0.15) is 23.1 Å². The van der Waals surface area contributed by atoms with Gasteiger partial charge in [-0.05, 0) is 54.2 Å². The molecule has 2 bridgehead atoms. The predicted octanol–water partition coefficient (Wildman–Crippen LogP) is 3.28. The summed E-state index contributed by atoms with van der Waals surface area (Å²) in [6.07, 6.45) is 6.57. The molecule has 2 amide bonds. The second-order valence-electron chi connectivity index (χ2n) is 7.86. The molecule has 1 saturated heterocycles. The quantitative estimate of drug-likeness (QED) is 0.440. The zero-order valence-electron chi connectivity index (χ0n) is 16.1. The number of allylic oxidation sites excluding steroid dienone is 2. The van der Waals surface area contributed by atoms with E-state index in [0.29, 0.717) is 17.9 Å². The van der Waals surface area contributed by atoms with E-state index in [0.717, 1.165) is 22.6 Å². The fraction of sp³-hybridized carbons (Fsp3) is 0.250. The summed E-state index contributed by atoms with van der Waals surface area (Å²) in [6, 6.07) is 16.7. The van der Waals surface area contributed by atoms with Gasteiger partial charge in [-0.2, -0.15) is 15.4 Å². The number of imide groups is 1. The van der Waals surface area contributed by atoms with Gasteiger partial charge in [-0.15, -0.1) is 0 Å². The van der Waals surface area contributed by atoms with Crippen molar-refractivity contribution in [2.24, 2.45) is 28.8 Å². The molecule has 2 fully saturated rings. The molecule has 1 heterocycles. The SMILES string of the molecule is N#Cc1ccccc1COc1ccc(C=NN2C(=O)[C@@H]3[C@H](C2=O)[C@H]2C=C[C@H]3C2)cc1. The lowest BCUT2D eigenvalue weighted by atomic mass is 9.85. The minimum absolute atomic E-state index is 0.180. The van der Waals surface area contributed by atoms with Crippen molar-refractivity contribution in [2.45, 2.75) is 13.0 Å². The Bertz CT molecular complexity index is 1080. The molecule has 2 aliphatic carbocycles. The van der Waals surface area contributed by atoms with Crippen molar-refractivity contribution < 1.29 is 14.3 Å². The molecule has 3 aliphatic rings. The maximum atomic E-state index is 12.6. The molecule has 6 heteroatoms. The molecule has 5 rings (SSSR count). The summed E-state index contributed by atoms with van der Waals surface area (Å²) < 4.78 is 5.76. The predicted molar refractivity (Wildman–Crippen MR) is 109 cm³/mol. The molecule has 148 valence electrons. The van der Waals surface area contributed by atoms with Crippen LogP contribution in [0.3, 0.4) is 0 Å². The van der Waals surface area contributed by atoms with Gasteiger partial charge in [0.1, 0.15) is 12.4 Å². The van der Waals surface area contributed by atoms with Gasteiger partial charge < -0.3 is 4.74 Å². The molecular formula is C24H19N3O3. The Hall–Kier alpha value is -3.72. The molecule has 4 atom stereocenters. The lowest BCUT2D eigenvalue weighted by Gasteiger charge is -2.13. The van der Waals surface area contributed by atoms with Crippen LogP contribution in [-0.4, -0.2) is 23.0 Å². The lowest BCUT2D eigenvalue weighted by Crippen LogP contribution is -2.28. The average Bonchev–Trinajstić information content (AvgIpc) is 3.46. The molecule has 0 aromatic heterocycles. The highest BCUT2D eigenvalue weighted by Gasteiger charge is 2.59. The highest BCUT2D eigenvalue weighted by atomic mass is 16.5. The molecule has 0 unspecified atom stereocenters. The molecule has 2 aromatic rings. The summed E-state index contributed by atoms with van der Waals surface area (Å²) in [7, 11) is 0. The lowest BCUT2D eigenvalue weighted by molar-refractivity contribution is -0.140. The number of fused-ring (bicyclic) bond motifs is 5. The molecule has 30 heavy (non-hydrogen) atoms. The molecule has 1 aliphatic heterocycles. The van der Waals surface area contributed by atoms with Gasteiger partial charge in [0, 0.05) is 5.56 Å². The summed E-state index contributed by atoms with van der Waals surface area (Å²) in [4.78, 5) is 25.3. The maximum Gasteiger partial charge on any atom is 0.254 e. The number of carbonyl (C=O) groups excluding carboxylic acids is 2. The third-order valence-corrected chi connectivity index (χ3v) is 6.18. The highest BCUT2D eigenvalue weighted by molar-refractivity contribution is 6.06. The summed E-state index contributed by atoms with van der Waals surface area (Å²) in [6.45, 7) is 0.299. The van der Waals surface area contributed by atoms with Crippen LogP contribution in [0.25, 0.3) is 0 Å². The van der Waals surface area contributed by atoms with Gasteiger partial charge >= 0.3 is 0 Å². The van der Waals surface area contributed by atoms with E-state index in [1.54, 1.807) is 18.2 Å². The Morgan fingerprint density at radius 1 is 1.03 bits per heavy atom. The van der Waals surface area contributed by atoms with E-state index in [4.69, 9.17) is 10.00 Å². The third-order valence-electron chi connectivity index (χ3n) is 6.18. The molecule has 1 saturated carbocycles. The second kappa shape index (κ2) is 7.27. The summed E-state index contributed by atoms with van der Waals surface area (Å²) in [5.74, 6) is 0.167. The van der Waals surface area contributed by atoms with Gasteiger partial charge in [-0.25, -0.2) is 0 Å². The fourth-order valence-corrected chi connectivity index (χ4v) is 4.69. The topological polar surface area (TPSA) is 82.8 Å². The first-order chi connectivity index (χ1) is 14.7.